The third-order valence-electron chi connectivity index (χ3n) is 4.98. The zero-order valence-corrected chi connectivity index (χ0v) is 12.5. The van der Waals surface area contributed by atoms with Crippen LogP contribution in [0.5, 0.6) is 0 Å². The molecule has 116 valence electrons. The zero-order chi connectivity index (χ0) is 14.7. The fourth-order valence-electron chi connectivity index (χ4n) is 3.58. The van der Waals surface area contributed by atoms with Crippen molar-refractivity contribution in [2.45, 2.75) is 63.5 Å². The van der Waals surface area contributed by atoms with Crippen molar-refractivity contribution in [1.82, 2.24) is 15.1 Å². The Labute approximate surface area is 125 Å². The number of nitrogens with zero attached hydrogens (tertiary/aromatic N) is 2. The van der Waals surface area contributed by atoms with E-state index in [1.54, 1.807) is 0 Å². The first kappa shape index (κ1) is 14.6. The Morgan fingerprint density at radius 1 is 1.24 bits per heavy atom. The van der Waals surface area contributed by atoms with Gasteiger partial charge >= 0.3 is 0 Å². The predicted molar refractivity (Wildman–Crippen MR) is 80.0 cm³/mol. The molecule has 3 rings (SSSR count). The van der Waals surface area contributed by atoms with Crippen LogP contribution in [-0.2, 0) is 0 Å². The lowest BCUT2D eigenvalue weighted by Gasteiger charge is -2.27. The Morgan fingerprint density at radius 3 is 2.62 bits per heavy atom. The molecule has 0 bridgehead atoms. The van der Waals surface area contributed by atoms with Gasteiger partial charge in [0.2, 0.25) is 0 Å². The molecule has 1 aromatic heterocycles. The zero-order valence-electron chi connectivity index (χ0n) is 12.5. The first-order chi connectivity index (χ1) is 10.3. The van der Waals surface area contributed by atoms with Crippen LogP contribution in [0, 0.1) is 5.92 Å². The molecule has 0 spiro atoms. The molecule has 2 saturated carbocycles. The molecule has 2 N–H and O–H groups in total. The molecule has 21 heavy (non-hydrogen) atoms. The summed E-state index contributed by atoms with van der Waals surface area (Å²) >= 11 is 0. The number of carbonyl (C=O) groups is 1. The minimum absolute atomic E-state index is 0.0563. The number of aromatic nitrogens is 2. The molecule has 2 aliphatic carbocycles. The number of amides is 1. The molecule has 0 saturated heterocycles. The molecule has 5 heteroatoms. The van der Waals surface area contributed by atoms with Gasteiger partial charge in [0.15, 0.2) is 0 Å². The van der Waals surface area contributed by atoms with Gasteiger partial charge in [0.05, 0.1) is 6.04 Å². The van der Waals surface area contributed by atoms with Gasteiger partial charge in [-0.05, 0) is 50.5 Å². The number of rotatable bonds is 4. The third-order valence-corrected chi connectivity index (χ3v) is 4.98. The molecular weight excluding hydrogens is 266 g/mol. The van der Waals surface area contributed by atoms with E-state index in [2.05, 4.69) is 10.4 Å². The molecule has 0 unspecified atom stereocenters. The summed E-state index contributed by atoms with van der Waals surface area (Å²) in [5.41, 5.74) is 0.534. The van der Waals surface area contributed by atoms with Gasteiger partial charge in [-0.2, -0.15) is 5.10 Å². The SMILES string of the molecule is O=C(NC1CCC(CO)CC1)c1ccn(C2CCCC2)n1. The molecule has 2 fully saturated rings. The Balaban J connectivity index is 1.53. The van der Waals surface area contributed by atoms with Gasteiger partial charge in [-0.3, -0.25) is 9.48 Å². The second kappa shape index (κ2) is 6.60. The van der Waals surface area contributed by atoms with Crippen LogP contribution >= 0.6 is 0 Å². The summed E-state index contributed by atoms with van der Waals surface area (Å²) in [4.78, 5) is 12.3. The van der Waals surface area contributed by atoms with Crippen molar-refractivity contribution < 1.29 is 9.90 Å². The molecule has 2 aliphatic rings. The van der Waals surface area contributed by atoms with Crippen molar-refractivity contribution in [2.24, 2.45) is 5.92 Å². The highest BCUT2D eigenvalue weighted by molar-refractivity contribution is 5.92. The van der Waals surface area contributed by atoms with Crippen LogP contribution in [0.25, 0.3) is 0 Å². The van der Waals surface area contributed by atoms with Crippen LogP contribution in [0.3, 0.4) is 0 Å². The molecule has 1 aromatic rings. The molecule has 5 nitrogen and oxygen atoms in total. The number of hydrogen-bond donors (Lipinski definition) is 2. The Bertz CT molecular complexity index is 472. The van der Waals surface area contributed by atoms with E-state index in [1.165, 1.54) is 25.7 Å². The number of aliphatic hydroxyl groups excluding tert-OH is 1. The average molecular weight is 291 g/mol. The third kappa shape index (κ3) is 3.46. The van der Waals surface area contributed by atoms with Gasteiger partial charge in [0.25, 0.3) is 5.91 Å². The summed E-state index contributed by atoms with van der Waals surface area (Å²) in [5, 5.41) is 16.7. The van der Waals surface area contributed by atoms with Crippen molar-refractivity contribution in [2.75, 3.05) is 6.61 Å². The van der Waals surface area contributed by atoms with E-state index in [0.29, 0.717) is 17.7 Å². The van der Waals surface area contributed by atoms with E-state index < -0.39 is 0 Å². The highest BCUT2D eigenvalue weighted by atomic mass is 16.3. The Kier molecular flexibility index (Phi) is 4.58. The minimum atomic E-state index is -0.0563. The topological polar surface area (TPSA) is 67.2 Å². The van der Waals surface area contributed by atoms with E-state index in [4.69, 9.17) is 5.11 Å². The quantitative estimate of drug-likeness (QED) is 0.894. The van der Waals surface area contributed by atoms with Crippen LogP contribution < -0.4 is 5.32 Å². The maximum atomic E-state index is 12.3. The van der Waals surface area contributed by atoms with Crippen molar-refractivity contribution in [1.29, 1.82) is 0 Å². The molecule has 0 radical (unpaired) electrons. The lowest BCUT2D eigenvalue weighted by Crippen LogP contribution is -2.38. The second-order valence-electron chi connectivity index (χ2n) is 6.49. The average Bonchev–Trinajstić information content (AvgIpc) is 3.19. The number of nitrogens with one attached hydrogen (secondary N) is 1. The summed E-state index contributed by atoms with van der Waals surface area (Å²) in [6.45, 7) is 0.270. The minimum Gasteiger partial charge on any atom is -0.396 e. The maximum Gasteiger partial charge on any atom is 0.271 e. The molecule has 1 amide bonds. The van der Waals surface area contributed by atoms with Crippen LogP contribution in [0.15, 0.2) is 12.3 Å². The molecule has 0 atom stereocenters. The number of aliphatic hydroxyl groups is 1. The van der Waals surface area contributed by atoms with Crippen LogP contribution in [0.2, 0.25) is 0 Å². The standard InChI is InChI=1S/C16H25N3O2/c20-11-12-5-7-13(8-6-12)17-16(21)15-9-10-19(18-15)14-3-1-2-4-14/h9-10,12-14,20H,1-8,11H2,(H,17,21). The van der Waals surface area contributed by atoms with Gasteiger partial charge < -0.3 is 10.4 Å². The highest BCUT2D eigenvalue weighted by Crippen LogP contribution is 2.28. The largest absolute Gasteiger partial charge is 0.396 e. The van der Waals surface area contributed by atoms with E-state index in [-0.39, 0.29) is 18.6 Å². The van der Waals surface area contributed by atoms with E-state index in [9.17, 15) is 4.79 Å². The number of hydrogen-bond acceptors (Lipinski definition) is 3. The van der Waals surface area contributed by atoms with Gasteiger partial charge in [0, 0.05) is 18.8 Å². The molecular formula is C16H25N3O2. The summed E-state index contributed by atoms with van der Waals surface area (Å²) < 4.78 is 1.96. The van der Waals surface area contributed by atoms with E-state index >= 15 is 0 Å². The van der Waals surface area contributed by atoms with E-state index in [0.717, 1.165) is 25.7 Å². The molecule has 1 heterocycles. The smallest absolute Gasteiger partial charge is 0.271 e. The van der Waals surface area contributed by atoms with Crippen molar-refractivity contribution in [3.05, 3.63) is 18.0 Å². The van der Waals surface area contributed by atoms with Gasteiger partial charge in [-0.15, -0.1) is 0 Å². The first-order valence-corrected chi connectivity index (χ1v) is 8.23. The monoisotopic (exact) mass is 291 g/mol. The highest BCUT2D eigenvalue weighted by Gasteiger charge is 2.24. The van der Waals surface area contributed by atoms with Gasteiger partial charge in [-0.25, -0.2) is 0 Å². The summed E-state index contributed by atoms with van der Waals surface area (Å²) in [5.74, 6) is 0.360. The molecule has 0 aliphatic heterocycles. The van der Waals surface area contributed by atoms with Crippen molar-refractivity contribution >= 4 is 5.91 Å². The normalized spacial score (nSPS) is 26.9. The Morgan fingerprint density at radius 2 is 1.95 bits per heavy atom. The fraction of sp³-hybridized carbons (Fsp3) is 0.750. The van der Waals surface area contributed by atoms with Crippen molar-refractivity contribution in [3.8, 4) is 0 Å². The van der Waals surface area contributed by atoms with Gasteiger partial charge in [-0.1, -0.05) is 12.8 Å². The predicted octanol–water partition coefficient (Wildman–Crippen LogP) is 2.28. The lowest BCUT2D eigenvalue weighted by molar-refractivity contribution is 0.0907. The second-order valence-corrected chi connectivity index (χ2v) is 6.49. The Hall–Kier alpha value is -1.36. The summed E-state index contributed by atoms with van der Waals surface area (Å²) in [6, 6.07) is 2.54. The summed E-state index contributed by atoms with van der Waals surface area (Å²) in [7, 11) is 0. The van der Waals surface area contributed by atoms with Crippen LogP contribution in [-0.4, -0.2) is 33.4 Å². The fourth-order valence-corrected chi connectivity index (χ4v) is 3.58. The van der Waals surface area contributed by atoms with Crippen molar-refractivity contribution in [3.63, 3.8) is 0 Å². The maximum absolute atomic E-state index is 12.3. The van der Waals surface area contributed by atoms with Gasteiger partial charge in [0.1, 0.15) is 5.69 Å². The summed E-state index contributed by atoms with van der Waals surface area (Å²) in [6.07, 6.45) is 10.7. The first-order valence-electron chi connectivity index (χ1n) is 8.23. The number of carbonyl (C=O) groups excluding carboxylic acids is 1. The lowest BCUT2D eigenvalue weighted by atomic mass is 9.86. The van der Waals surface area contributed by atoms with E-state index in [1.807, 2.05) is 16.9 Å². The van der Waals surface area contributed by atoms with Crippen LogP contribution in [0.1, 0.15) is 67.9 Å². The molecule has 0 aromatic carbocycles. The van der Waals surface area contributed by atoms with Crippen LogP contribution in [0.4, 0.5) is 0 Å².